The highest BCUT2D eigenvalue weighted by Crippen LogP contribution is 2.26. The maximum Gasteiger partial charge on any atom is 0.322 e. The molecule has 2 rings (SSSR count). The highest BCUT2D eigenvalue weighted by atomic mass is 19.1. The van der Waals surface area contributed by atoms with Crippen molar-refractivity contribution >= 4 is 11.7 Å². The van der Waals surface area contributed by atoms with Gasteiger partial charge in [-0.2, -0.15) is 0 Å². The third-order valence-electron chi connectivity index (χ3n) is 3.51. The predicted molar refractivity (Wildman–Crippen MR) is 71.4 cm³/mol. The second kappa shape index (κ2) is 6.65. The summed E-state index contributed by atoms with van der Waals surface area (Å²) in [5.41, 5.74) is -0.0373. The van der Waals surface area contributed by atoms with Gasteiger partial charge in [0.1, 0.15) is 11.6 Å². The summed E-state index contributed by atoms with van der Waals surface area (Å²) < 4.78 is 26.3. The topological polar surface area (TPSA) is 52.6 Å². The Bertz CT molecular complexity index is 478. The summed E-state index contributed by atoms with van der Waals surface area (Å²) in [6.45, 7) is 0.428. The minimum Gasteiger partial charge on any atom is -0.396 e. The van der Waals surface area contributed by atoms with Gasteiger partial charge in [0.05, 0.1) is 5.69 Å². The summed E-state index contributed by atoms with van der Waals surface area (Å²) in [5, 5.41) is 11.3. The highest BCUT2D eigenvalue weighted by molar-refractivity contribution is 5.89. The normalized spacial score (nSPS) is 14.8. The number of amides is 2. The summed E-state index contributed by atoms with van der Waals surface area (Å²) in [6.07, 6.45) is 3.39. The van der Waals surface area contributed by atoms with Crippen LogP contribution in [0, 0.1) is 11.6 Å². The van der Waals surface area contributed by atoms with Gasteiger partial charge in [0.15, 0.2) is 0 Å². The summed E-state index contributed by atoms with van der Waals surface area (Å²) in [4.78, 5) is 13.8. The zero-order valence-electron chi connectivity index (χ0n) is 11.1. The molecule has 0 heterocycles. The molecule has 110 valence electrons. The number of urea groups is 1. The molecule has 0 aromatic heterocycles. The van der Waals surface area contributed by atoms with Crippen molar-refractivity contribution in [1.29, 1.82) is 0 Å². The third kappa shape index (κ3) is 3.45. The Labute approximate surface area is 116 Å². The molecule has 1 aromatic carbocycles. The van der Waals surface area contributed by atoms with Crippen LogP contribution in [0.2, 0.25) is 0 Å². The number of carbonyl (C=O) groups excluding carboxylic acids is 1. The molecule has 4 nitrogen and oxygen atoms in total. The molecule has 1 aliphatic rings. The minimum atomic E-state index is -0.797. The standard InChI is InChI=1S/C14H18F2N2O2/c15-10-5-6-13(12(16)9-10)17-14(20)18(7-2-8-19)11-3-1-4-11/h5-6,9,11,19H,1-4,7-8H2,(H,17,20). The molecule has 1 aromatic rings. The van der Waals surface area contributed by atoms with Crippen LogP contribution in [0.15, 0.2) is 18.2 Å². The van der Waals surface area contributed by atoms with E-state index in [0.29, 0.717) is 13.0 Å². The Hall–Kier alpha value is -1.69. The molecule has 6 heteroatoms. The lowest BCUT2D eigenvalue weighted by atomic mass is 9.91. The number of nitrogens with one attached hydrogen (secondary N) is 1. The van der Waals surface area contributed by atoms with Gasteiger partial charge in [0.25, 0.3) is 0 Å². The smallest absolute Gasteiger partial charge is 0.322 e. The van der Waals surface area contributed by atoms with Crippen molar-refractivity contribution < 1.29 is 18.7 Å². The van der Waals surface area contributed by atoms with E-state index in [9.17, 15) is 13.6 Å². The van der Waals surface area contributed by atoms with E-state index in [0.717, 1.165) is 31.4 Å². The minimum absolute atomic E-state index is 0.00140. The first-order chi connectivity index (χ1) is 9.61. The number of halogens is 2. The second-order valence-electron chi connectivity index (χ2n) is 4.91. The molecule has 0 atom stereocenters. The fourth-order valence-corrected chi connectivity index (χ4v) is 2.17. The number of aliphatic hydroxyl groups excluding tert-OH is 1. The average molecular weight is 284 g/mol. The van der Waals surface area contributed by atoms with Gasteiger partial charge >= 0.3 is 6.03 Å². The molecule has 1 fully saturated rings. The summed E-state index contributed by atoms with van der Waals surface area (Å²) in [5.74, 6) is -1.48. The van der Waals surface area contributed by atoms with Gasteiger partial charge in [0.2, 0.25) is 0 Å². The second-order valence-corrected chi connectivity index (χ2v) is 4.91. The fraction of sp³-hybridized carbons (Fsp3) is 0.500. The van der Waals surface area contributed by atoms with Crippen LogP contribution in [0.5, 0.6) is 0 Å². The first-order valence-electron chi connectivity index (χ1n) is 6.75. The van der Waals surface area contributed by atoms with Crippen molar-refractivity contribution in [2.24, 2.45) is 0 Å². The van der Waals surface area contributed by atoms with E-state index < -0.39 is 17.7 Å². The number of rotatable bonds is 5. The maximum atomic E-state index is 13.5. The van der Waals surface area contributed by atoms with Crippen LogP contribution < -0.4 is 5.32 Å². The molecule has 0 bridgehead atoms. The lowest BCUT2D eigenvalue weighted by Gasteiger charge is -2.37. The monoisotopic (exact) mass is 284 g/mol. The quantitative estimate of drug-likeness (QED) is 0.873. The van der Waals surface area contributed by atoms with Gasteiger partial charge in [-0.3, -0.25) is 0 Å². The summed E-state index contributed by atoms with van der Waals surface area (Å²) >= 11 is 0. The largest absolute Gasteiger partial charge is 0.396 e. The molecule has 0 aliphatic heterocycles. The first kappa shape index (κ1) is 14.7. The molecule has 1 aliphatic carbocycles. The zero-order chi connectivity index (χ0) is 14.5. The number of carbonyl (C=O) groups is 1. The van der Waals surface area contributed by atoms with Gasteiger partial charge < -0.3 is 15.3 Å². The van der Waals surface area contributed by atoms with Crippen molar-refractivity contribution in [1.82, 2.24) is 4.90 Å². The van der Waals surface area contributed by atoms with Crippen LogP contribution in [-0.2, 0) is 0 Å². The van der Waals surface area contributed by atoms with Gasteiger partial charge in [-0.15, -0.1) is 0 Å². The van der Waals surface area contributed by atoms with Crippen LogP contribution in [0.4, 0.5) is 19.3 Å². The number of nitrogens with zero attached hydrogens (tertiary/aromatic N) is 1. The van der Waals surface area contributed by atoms with Crippen LogP contribution in [0.1, 0.15) is 25.7 Å². The van der Waals surface area contributed by atoms with Crippen molar-refractivity contribution in [3.05, 3.63) is 29.8 Å². The molecule has 20 heavy (non-hydrogen) atoms. The molecule has 2 N–H and O–H groups in total. The Morgan fingerprint density at radius 3 is 2.70 bits per heavy atom. The highest BCUT2D eigenvalue weighted by Gasteiger charge is 2.28. The van der Waals surface area contributed by atoms with Gasteiger partial charge in [0, 0.05) is 25.3 Å². The number of anilines is 1. The Morgan fingerprint density at radius 2 is 2.15 bits per heavy atom. The zero-order valence-corrected chi connectivity index (χ0v) is 11.1. The predicted octanol–water partition coefficient (Wildman–Crippen LogP) is 2.73. The molecule has 0 spiro atoms. The van der Waals surface area contributed by atoms with Crippen LogP contribution in [-0.4, -0.2) is 35.2 Å². The molecular formula is C14H18F2N2O2. The van der Waals surface area contributed by atoms with Crippen molar-refractivity contribution in [2.75, 3.05) is 18.5 Å². The van der Waals surface area contributed by atoms with Crippen LogP contribution >= 0.6 is 0 Å². The fourth-order valence-electron chi connectivity index (χ4n) is 2.17. The van der Waals surface area contributed by atoms with E-state index in [1.54, 1.807) is 4.90 Å². The Kier molecular flexibility index (Phi) is 4.89. The average Bonchev–Trinajstić information content (AvgIpc) is 2.35. The number of aliphatic hydroxyl groups is 1. The molecule has 2 amide bonds. The van der Waals surface area contributed by atoms with E-state index in [-0.39, 0.29) is 18.3 Å². The molecular weight excluding hydrogens is 266 g/mol. The van der Waals surface area contributed by atoms with Crippen molar-refractivity contribution in [3.63, 3.8) is 0 Å². The van der Waals surface area contributed by atoms with E-state index in [4.69, 9.17) is 5.11 Å². The number of benzene rings is 1. The van der Waals surface area contributed by atoms with E-state index in [1.807, 2.05) is 0 Å². The number of hydrogen-bond acceptors (Lipinski definition) is 2. The van der Waals surface area contributed by atoms with Gasteiger partial charge in [-0.1, -0.05) is 0 Å². The lowest BCUT2D eigenvalue weighted by Crippen LogP contribution is -2.47. The lowest BCUT2D eigenvalue weighted by molar-refractivity contribution is 0.140. The maximum absolute atomic E-state index is 13.5. The number of hydrogen-bond donors (Lipinski definition) is 2. The van der Waals surface area contributed by atoms with Crippen molar-refractivity contribution in [2.45, 2.75) is 31.7 Å². The SMILES string of the molecule is O=C(Nc1ccc(F)cc1F)N(CCCO)C1CCC1. The first-order valence-corrected chi connectivity index (χ1v) is 6.75. The summed E-state index contributed by atoms with van der Waals surface area (Å²) in [6, 6.07) is 2.77. The van der Waals surface area contributed by atoms with Gasteiger partial charge in [-0.05, 0) is 37.8 Å². The van der Waals surface area contributed by atoms with Crippen LogP contribution in [0.25, 0.3) is 0 Å². The summed E-state index contributed by atoms with van der Waals surface area (Å²) in [7, 11) is 0. The van der Waals surface area contributed by atoms with E-state index in [2.05, 4.69) is 5.32 Å². The van der Waals surface area contributed by atoms with E-state index in [1.165, 1.54) is 6.07 Å². The molecule has 0 unspecified atom stereocenters. The Balaban J connectivity index is 2.03. The van der Waals surface area contributed by atoms with Gasteiger partial charge in [-0.25, -0.2) is 13.6 Å². The molecule has 1 saturated carbocycles. The third-order valence-corrected chi connectivity index (χ3v) is 3.51. The van der Waals surface area contributed by atoms with Crippen molar-refractivity contribution in [3.8, 4) is 0 Å². The van der Waals surface area contributed by atoms with Crippen LogP contribution in [0.3, 0.4) is 0 Å². The Morgan fingerprint density at radius 1 is 1.40 bits per heavy atom. The van der Waals surface area contributed by atoms with E-state index >= 15 is 0 Å². The molecule has 0 saturated heterocycles. The molecule has 0 radical (unpaired) electrons.